The van der Waals surface area contributed by atoms with Crippen molar-refractivity contribution in [3.8, 4) is 0 Å². The molecule has 0 bridgehead atoms. The molecule has 6 nitrogen and oxygen atoms in total. The number of hydrogen-bond donors (Lipinski definition) is 5. The van der Waals surface area contributed by atoms with Crippen LogP contribution in [0.25, 0.3) is 0 Å². The van der Waals surface area contributed by atoms with E-state index in [0.29, 0.717) is 13.2 Å². The van der Waals surface area contributed by atoms with Crippen LogP contribution in [0.3, 0.4) is 0 Å². The van der Waals surface area contributed by atoms with E-state index in [1.54, 1.807) is 0 Å². The maximum Gasteiger partial charge on any atom is 0.313 e. The number of urea groups is 1. The lowest BCUT2D eigenvalue weighted by molar-refractivity contribution is 0.225. The number of nitrogens with two attached hydrogens (primary N) is 1. The number of aliphatic hydroxyl groups is 3. The third-order valence-electron chi connectivity index (χ3n) is 4.82. The summed E-state index contributed by atoms with van der Waals surface area (Å²) in [4.78, 5) is 9.55. The van der Waals surface area contributed by atoms with Crippen LogP contribution in [0, 0.1) is 0 Å². The second-order valence-corrected chi connectivity index (χ2v) is 7.51. The maximum atomic E-state index is 9.55. The van der Waals surface area contributed by atoms with Gasteiger partial charge in [-0.15, -0.1) is 0 Å². The fraction of sp³-hybridized carbons (Fsp3) is 0.955. The average Bonchev–Trinajstić information content (AvgIpc) is 2.67. The standard InChI is InChI=1S/C20H42O2.C2H6N2O2/c21-19-17-15-13-11-9-7-5-3-1-2-4-6-8-10-12-14-16-18-20-22;3-2(6)4-1-5/h21-22H,1-20H2;5H,1H2,(H3,3,4,6). The molecule has 0 aromatic rings. The first-order chi connectivity index (χ1) is 13.7. The van der Waals surface area contributed by atoms with Gasteiger partial charge in [0.05, 0.1) is 0 Å². The lowest BCUT2D eigenvalue weighted by Gasteiger charge is -2.03. The molecule has 0 heterocycles. The van der Waals surface area contributed by atoms with Crippen molar-refractivity contribution in [2.75, 3.05) is 19.9 Å². The molecule has 0 aromatic carbocycles. The van der Waals surface area contributed by atoms with Crippen LogP contribution >= 0.6 is 0 Å². The van der Waals surface area contributed by atoms with Gasteiger partial charge in [0, 0.05) is 13.2 Å². The summed E-state index contributed by atoms with van der Waals surface area (Å²) in [6.45, 7) is 0.336. The highest BCUT2D eigenvalue weighted by molar-refractivity contribution is 5.71. The van der Waals surface area contributed by atoms with Gasteiger partial charge >= 0.3 is 6.03 Å². The van der Waals surface area contributed by atoms with E-state index < -0.39 is 12.8 Å². The predicted octanol–water partition coefficient (Wildman–Crippen LogP) is 4.60. The van der Waals surface area contributed by atoms with Crippen LogP contribution in [0.5, 0.6) is 0 Å². The molecule has 0 atom stereocenters. The lowest BCUT2D eigenvalue weighted by atomic mass is 10.0. The molecular formula is C22H48N2O4. The summed E-state index contributed by atoms with van der Waals surface area (Å²) in [5.74, 6) is 0. The fourth-order valence-electron chi connectivity index (χ4n) is 3.13. The van der Waals surface area contributed by atoms with Gasteiger partial charge in [0.2, 0.25) is 0 Å². The minimum absolute atomic E-state index is 0.365. The molecule has 6 N–H and O–H groups in total. The minimum Gasteiger partial charge on any atom is -0.396 e. The Morgan fingerprint density at radius 2 is 0.714 bits per heavy atom. The van der Waals surface area contributed by atoms with Crippen molar-refractivity contribution in [1.29, 1.82) is 0 Å². The molecule has 0 rings (SSSR count). The van der Waals surface area contributed by atoms with E-state index in [4.69, 9.17) is 15.3 Å². The van der Waals surface area contributed by atoms with Crippen LogP contribution < -0.4 is 11.1 Å². The first kappa shape index (κ1) is 29.4. The molecule has 2 amide bonds. The highest BCUT2D eigenvalue weighted by Gasteiger charge is 1.95. The zero-order valence-corrected chi connectivity index (χ0v) is 18.2. The Bertz CT molecular complexity index is 272. The normalized spacial score (nSPS) is 10.4. The van der Waals surface area contributed by atoms with Crippen LogP contribution in [-0.4, -0.2) is 41.3 Å². The third-order valence-corrected chi connectivity index (χ3v) is 4.82. The SMILES string of the molecule is NC(=O)NCO.OCCCCCCCCCCCCCCCCCCCCO. The largest absolute Gasteiger partial charge is 0.396 e. The van der Waals surface area contributed by atoms with Crippen LogP contribution in [0.1, 0.15) is 116 Å². The van der Waals surface area contributed by atoms with Gasteiger partial charge in [-0.1, -0.05) is 103 Å². The molecular weight excluding hydrogens is 356 g/mol. The summed E-state index contributed by atoms with van der Waals surface area (Å²) in [5.41, 5.74) is 4.49. The molecule has 28 heavy (non-hydrogen) atoms. The van der Waals surface area contributed by atoms with Gasteiger partial charge in [0.15, 0.2) is 0 Å². The highest BCUT2D eigenvalue weighted by atomic mass is 16.3. The van der Waals surface area contributed by atoms with E-state index in [9.17, 15) is 4.79 Å². The van der Waals surface area contributed by atoms with Crippen LogP contribution in [0.2, 0.25) is 0 Å². The Kier molecular flexibility index (Phi) is 29.7. The number of amides is 2. The Hall–Kier alpha value is -0.850. The number of hydrogen-bond acceptors (Lipinski definition) is 4. The zero-order valence-electron chi connectivity index (χ0n) is 18.2. The maximum absolute atomic E-state index is 9.55. The number of primary amides is 1. The molecule has 0 fully saturated rings. The summed E-state index contributed by atoms with van der Waals surface area (Å²) in [7, 11) is 0. The summed E-state index contributed by atoms with van der Waals surface area (Å²) < 4.78 is 0. The molecule has 0 aliphatic heterocycles. The van der Waals surface area contributed by atoms with Crippen molar-refractivity contribution in [1.82, 2.24) is 5.32 Å². The fourth-order valence-corrected chi connectivity index (χ4v) is 3.13. The molecule has 0 saturated carbocycles. The van der Waals surface area contributed by atoms with Gasteiger partial charge in [-0.2, -0.15) is 0 Å². The van der Waals surface area contributed by atoms with Crippen molar-refractivity contribution in [3.05, 3.63) is 0 Å². The van der Waals surface area contributed by atoms with Gasteiger partial charge in [-0.05, 0) is 12.8 Å². The number of carbonyl (C=O) groups is 1. The monoisotopic (exact) mass is 404 g/mol. The smallest absolute Gasteiger partial charge is 0.313 e. The molecule has 0 unspecified atom stereocenters. The molecule has 0 aliphatic carbocycles. The highest BCUT2D eigenvalue weighted by Crippen LogP contribution is 2.14. The summed E-state index contributed by atoms with van der Waals surface area (Å²) in [6, 6.07) is -0.711. The number of carbonyl (C=O) groups excluding carboxylic acids is 1. The molecule has 0 aromatic heterocycles. The minimum atomic E-state index is -0.711. The molecule has 6 heteroatoms. The second kappa shape index (κ2) is 28.4. The molecule has 0 saturated heterocycles. The van der Waals surface area contributed by atoms with Gasteiger partial charge < -0.3 is 26.4 Å². The van der Waals surface area contributed by atoms with Crippen LogP contribution in [0.15, 0.2) is 0 Å². The Morgan fingerprint density at radius 1 is 0.500 bits per heavy atom. The topological polar surface area (TPSA) is 116 Å². The average molecular weight is 405 g/mol. The Morgan fingerprint density at radius 3 is 0.821 bits per heavy atom. The Balaban J connectivity index is 0. The van der Waals surface area contributed by atoms with Crippen LogP contribution in [0.4, 0.5) is 4.79 Å². The number of nitrogens with one attached hydrogen (secondary N) is 1. The van der Waals surface area contributed by atoms with Gasteiger partial charge in [0.1, 0.15) is 6.73 Å². The van der Waals surface area contributed by atoms with Crippen molar-refractivity contribution in [2.24, 2.45) is 5.73 Å². The Labute approximate surface area is 173 Å². The third kappa shape index (κ3) is 32.8. The molecule has 0 radical (unpaired) electrons. The quantitative estimate of drug-likeness (QED) is 0.151. The van der Waals surface area contributed by atoms with Crippen molar-refractivity contribution < 1.29 is 20.1 Å². The van der Waals surface area contributed by atoms with Gasteiger partial charge in [-0.25, -0.2) is 4.79 Å². The molecule has 0 spiro atoms. The predicted molar refractivity (Wildman–Crippen MR) is 117 cm³/mol. The summed E-state index contributed by atoms with van der Waals surface area (Å²) >= 11 is 0. The number of rotatable bonds is 20. The first-order valence-corrected chi connectivity index (χ1v) is 11.5. The lowest BCUT2D eigenvalue weighted by Crippen LogP contribution is -2.29. The van der Waals surface area contributed by atoms with E-state index in [-0.39, 0.29) is 0 Å². The van der Waals surface area contributed by atoms with Crippen molar-refractivity contribution in [3.63, 3.8) is 0 Å². The number of unbranched alkanes of at least 4 members (excludes halogenated alkanes) is 17. The van der Waals surface area contributed by atoms with E-state index >= 15 is 0 Å². The van der Waals surface area contributed by atoms with Gasteiger partial charge in [-0.3, -0.25) is 0 Å². The summed E-state index contributed by atoms with van der Waals surface area (Å²) in [5, 5.41) is 27.1. The van der Waals surface area contributed by atoms with Crippen molar-refractivity contribution in [2.45, 2.75) is 116 Å². The van der Waals surface area contributed by atoms with E-state index in [0.717, 1.165) is 12.8 Å². The molecule has 170 valence electrons. The summed E-state index contributed by atoms with van der Waals surface area (Å²) in [6.07, 6.45) is 23.9. The zero-order chi connectivity index (χ0) is 21.1. The van der Waals surface area contributed by atoms with Gasteiger partial charge in [0.25, 0.3) is 0 Å². The second-order valence-electron chi connectivity index (χ2n) is 7.51. The van der Waals surface area contributed by atoms with E-state index in [1.165, 1.54) is 103 Å². The number of aliphatic hydroxyl groups excluding tert-OH is 3. The van der Waals surface area contributed by atoms with E-state index in [1.807, 2.05) is 5.32 Å². The first-order valence-electron chi connectivity index (χ1n) is 11.5. The molecule has 0 aliphatic rings. The van der Waals surface area contributed by atoms with Crippen molar-refractivity contribution >= 4 is 6.03 Å². The van der Waals surface area contributed by atoms with Crippen LogP contribution in [-0.2, 0) is 0 Å². The van der Waals surface area contributed by atoms with E-state index in [2.05, 4.69) is 5.73 Å².